The van der Waals surface area contributed by atoms with Gasteiger partial charge in [-0.2, -0.15) is 0 Å². The Morgan fingerprint density at radius 2 is 1.85 bits per heavy atom. The Morgan fingerprint density at radius 3 is 2.71 bits per heavy atom. The zero-order chi connectivity index (χ0) is 23.0. The first-order valence-corrected chi connectivity index (χ1v) is 11.9. The van der Waals surface area contributed by atoms with Gasteiger partial charge in [-0.05, 0) is 54.2 Å². The standard InChI is InChI=1S/C29H27NO4/c31-29-15-5-9-23(18-29)26-10-4-8-22(28(26)33-29)16-25-17-27(30-34-25)21-11-13-24(14-12-21)32-19-20-6-2-1-3-7-20/h1-4,6-8,10-14,17,23,31H,5,9,15-16,18-19H2/t23-,29+/m1/s1. The van der Waals surface area contributed by atoms with Gasteiger partial charge in [-0.1, -0.05) is 53.7 Å². The molecule has 2 atom stereocenters. The number of para-hydroxylation sites is 1. The quantitative estimate of drug-likeness (QED) is 0.374. The molecule has 5 nitrogen and oxygen atoms in total. The molecule has 1 aliphatic heterocycles. The highest BCUT2D eigenvalue weighted by molar-refractivity contribution is 5.60. The lowest BCUT2D eigenvalue weighted by Crippen LogP contribution is -2.43. The highest BCUT2D eigenvalue weighted by Crippen LogP contribution is 2.49. The molecule has 1 aromatic heterocycles. The monoisotopic (exact) mass is 453 g/mol. The molecule has 6 rings (SSSR count). The van der Waals surface area contributed by atoms with Crippen LogP contribution < -0.4 is 9.47 Å². The van der Waals surface area contributed by atoms with Crippen LogP contribution in [0.5, 0.6) is 11.5 Å². The van der Waals surface area contributed by atoms with Crippen molar-refractivity contribution in [1.82, 2.24) is 5.16 Å². The third-order valence-electron chi connectivity index (χ3n) is 6.87. The van der Waals surface area contributed by atoms with Gasteiger partial charge in [-0.25, -0.2) is 0 Å². The van der Waals surface area contributed by atoms with Crippen molar-refractivity contribution in [3.63, 3.8) is 0 Å². The molecular formula is C29H27NO4. The van der Waals surface area contributed by atoms with Gasteiger partial charge in [-0.3, -0.25) is 0 Å². The minimum atomic E-state index is -1.04. The molecule has 4 aromatic rings. The fraction of sp³-hybridized carbons (Fsp3) is 0.276. The largest absolute Gasteiger partial charge is 0.489 e. The van der Waals surface area contributed by atoms with E-state index in [1.54, 1.807) is 0 Å². The summed E-state index contributed by atoms with van der Waals surface area (Å²) in [6.07, 6.45) is 4.03. The van der Waals surface area contributed by atoms with Gasteiger partial charge in [0.1, 0.15) is 29.6 Å². The van der Waals surface area contributed by atoms with Crippen molar-refractivity contribution < 1.29 is 19.1 Å². The van der Waals surface area contributed by atoms with Crippen molar-refractivity contribution in [3.05, 3.63) is 101 Å². The van der Waals surface area contributed by atoms with Crippen molar-refractivity contribution >= 4 is 0 Å². The summed E-state index contributed by atoms with van der Waals surface area (Å²) in [5.41, 5.74) is 5.11. The molecule has 0 amide bonds. The van der Waals surface area contributed by atoms with Gasteiger partial charge < -0.3 is 19.1 Å². The van der Waals surface area contributed by atoms with Crippen LogP contribution in [0.2, 0.25) is 0 Å². The van der Waals surface area contributed by atoms with Crippen LogP contribution in [0, 0.1) is 0 Å². The number of hydrogen-bond donors (Lipinski definition) is 1. The predicted molar refractivity (Wildman–Crippen MR) is 129 cm³/mol. The van der Waals surface area contributed by atoms with Crippen molar-refractivity contribution in [3.8, 4) is 22.8 Å². The van der Waals surface area contributed by atoms with Crippen molar-refractivity contribution in [2.45, 2.75) is 50.4 Å². The van der Waals surface area contributed by atoms with E-state index in [1.807, 2.05) is 66.7 Å². The van der Waals surface area contributed by atoms with Gasteiger partial charge in [0.2, 0.25) is 5.79 Å². The zero-order valence-corrected chi connectivity index (χ0v) is 18.9. The van der Waals surface area contributed by atoms with E-state index in [-0.39, 0.29) is 0 Å². The molecule has 1 fully saturated rings. The average Bonchev–Trinajstić information content (AvgIpc) is 3.33. The van der Waals surface area contributed by atoms with E-state index < -0.39 is 5.79 Å². The first-order chi connectivity index (χ1) is 16.7. The molecule has 2 bridgehead atoms. The van der Waals surface area contributed by atoms with Gasteiger partial charge in [0.25, 0.3) is 0 Å². The van der Waals surface area contributed by atoms with Crippen LogP contribution in [0.3, 0.4) is 0 Å². The van der Waals surface area contributed by atoms with Crippen LogP contribution in [0.1, 0.15) is 54.1 Å². The second-order valence-electron chi connectivity index (χ2n) is 9.33. The fourth-order valence-corrected chi connectivity index (χ4v) is 5.13. The van der Waals surface area contributed by atoms with E-state index in [1.165, 1.54) is 5.56 Å². The topological polar surface area (TPSA) is 64.7 Å². The van der Waals surface area contributed by atoms with E-state index in [9.17, 15) is 5.11 Å². The Hall–Kier alpha value is -3.57. The number of fused-ring (bicyclic) bond motifs is 4. The molecule has 1 N–H and O–H groups in total. The van der Waals surface area contributed by atoms with Crippen molar-refractivity contribution in [2.24, 2.45) is 0 Å². The fourth-order valence-electron chi connectivity index (χ4n) is 5.13. The summed E-state index contributed by atoms with van der Waals surface area (Å²) >= 11 is 0. The first kappa shape index (κ1) is 21.0. The third kappa shape index (κ3) is 4.19. The number of nitrogens with zero attached hydrogens (tertiary/aromatic N) is 1. The average molecular weight is 454 g/mol. The molecule has 0 saturated heterocycles. The van der Waals surface area contributed by atoms with E-state index in [2.05, 4.69) is 17.3 Å². The van der Waals surface area contributed by atoms with Gasteiger partial charge in [0.05, 0.1) is 0 Å². The lowest BCUT2D eigenvalue weighted by molar-refractivity contribution is -0.173. The second kappa shape index (κ2) is 8.65. The summed E-state index contributed by atoms with van der Waals surface area (Å²) in [7, 11) is 0. The van der Waals surface area contributed by atoms with Crippen LogP contribution in [0.25, 0.3) is 11.3 Å². The zero-order valence-electron chi connectivity index (χ0n) is 18.9. The number of aliphatic hydroxyl groups is 1. The Morgan fingerprint density at radius 1 is 1.00 bits per heavy atom. The molecule has 0 spiro atoms. The SMILES string of the molecule is O[C@]12CCC[C@H](C1)c1cccc(Cc3cc(-c4ccc(OCc5ccccc5)cc4)no3)c1O2. The molecule has 3 aromatic carbocycles. The van der Waals surface area contributed by atoms with E-state index >= 15 is 0 Å². The molecule has 2 aliphatic rings. The second-order valence-corrected chi connectivity index (χ2v) is 9.33. The van der Waals surface area contributed by atoms with Crippen molar-refractivity contribution in [1.29, 1.82) is 0 Å². The van der Waals surface area contributed by atoms with Gasteiger partial charge in [0.15, 0.2) is 0 Å². The summed E-state index contributed by atoms with van der Waals surface area (Å²) in [5, 5.41) is 15.1. The van der Waals surface area contributed by atoms with Crippen molar-refractivity contribution in [2.75, 3.05) is 0 Å². The molecule has 5 heteroatoms. The van der Waals surface area contributed by atoms with Crippen LogP contribution in [-0.2, 0) is 13.0 Å². The Labute approximate surface area is 198 Å². The maximum Gasteiger partial charge on any atom is 0.208 e. The third-order valence-corrected chi connectivity index (χ3v) is 6.87. The lowest BCUT2D eigenvalue weighted by atomic mass is 9.77. The van der Waals surface area contributed by atoms with E-state index in [0.29, 0.717) is 31.8 Å². The van der Waals surface area contributed by atoms with Gasteiger partial charge in [-0.15, -0.1) is 0 Å². The van der Waals surface area contributed by atoms with E-state index in [0.717, 1.165) is 52.5 Å². The molecule has 0 radical (unpaired) electrons. The molecule has 34 heavy (non-hydrogen) atoms. The number of rotatable bonds is 6. The molecule has 0 unspecified atom stereocenters. The van der Waals surface area contributed by atoms with Gasteiger partial charge >= 0.3 is 0 Å². The number of aromatic nitrogens is 1. The Balaban J connectivity index is 1.17. The molecule has 1 aliphatic carbocycles. The Kier molecular flexibility index (Phi) is 5.34. The molecule has 172 valence electrons. The lowest BCUT2D eigenvalue weighted by Gasteiger charge is -2.43. The minimum absolute atomic E-state index is 0.357. The normalized spacial score (nSPS) is 20.9. The van der Waals surface area contributed by atoms with Crippen LogP contribution in [0.15, 0.2) is 83.4 Å². The Bertz CT molecular complexity index is 1280. The summed E-state index contributed by atoms with van der Waals surface area (Å²) in [6, 6.07) is 26.2. The summed E-state index contributed by atoms with van der Waals surface area (Å²) in [4.78, 5) is 0. The van der Waals surface area contributed by atoms with E-state index in [4.69, 9.17) is 14.0 Å². The number of hydrogen-bond acceptors (Lipinski definition) is 5. The summed E-state index contributed by atoms with van der Waals surface area (Å²) in [5.74, 6) is 1.71. The highest BCUT2D eigenvalue weighted by Gasteiger charge is 2.43. The van der Waals surface area contributed by atoms with Crippen LogP contribution in [0.4, 0.5) is 0 Å². The molecule has 2 heterocycles. The van der Waals surface area contributed by atoms with Crippen LogP contribution >= 0.6 is 0 Å². The first-order valence-electron chi connectivity index (χ1n) is 11.9. The van der Waals surface area contributed by atoms with Gasteiger partial charge in [0, 0.05) is 36.5 Å². The number of benzene rings is 3. The molecule has 1 saturated carbocycles. The maximum atomic E-state index is 10.8. The van der Waals surface area contributed by atoms with Crippen LogP contribution in [-0.4, -0.2) is 16.1 Å². The smallest absolute Gasteiger partial charge is 0.208 e. The summed E-state index contributed by atoms with van der Waals surface area (Å²) in [6.45, 7) is 0.535. The summed E-state index contributed by atoms with van der Waals surface area (Å²) < 4.78 is 17.7. The predicted octanol–water partition coefficient (Wildman–Crippen LogP) is 6.25. The highest BCUT2D eigenvalue weighted by atomic mass is 16.6. The molecular weight excluding hydrogens is 426 g/mol. The minimum Gasteiger partial charge on any atom is -0.489 e. The number of ether oxygens (including phenoxy) is 2. The maximum absolute atomic E-state index is 10.8.